The average molecular weight is 232 g/mol. The Morgan fingerprint density at radius 1 is 1.41 bits per heavy atom. The molecule has 1 N–H and O–H groups in total. The fraction of sp³-hybridized carbons (Fsp3) is 0.692. The van der Waals surface area contributed by atoms with E-state index >= 15 is 0 Å². The summed E-state index contributed by atoms with van der Waals surface area (Å²) in [5, 5.41) is 7.68. The zero-order valence-electron chi connectivity index (χ0n) is 10.4. The number of rotatable bonds is 4. The van der Waals surface area contributed by atoms with Gasteiger partial charge in [0.05, 0.1) is 13.1 Å². The Hall–Kier alpha value is -1.34. The molecular weight excluding hydrogens is 212 g/mol. The van der Waals surface area contributed by atoms with Crippen molar-refractivity contribution >= 4 is 0 Å². The molecule has 0 atom stereocenters. The number of aromatic nitrogens is 3. The molecule has 4 nitrogen and oxygen atoms in total. The predicted molar refractivity (Wildman–Crippen MR) is 67.4 cm³/mol. The monoisotopic (exact) mass is 232 g/mol. The zero-order chi connectivity index (χ0) is 12.1. The molecule has 0 aromatic carbocycles. The third-order valence-corrected chi connectivity index (χ3v) is 3.35. The molecular formula is C13H20N4. The Labute approximate surface area is 103 Å². The van der Waals surface area contributed by atoms with Gasteiger partial charge < -0.3 is 0 Å². The van der Waals surface area contributed by atoms with E-state index in [1.807, 2.05) is 11.7 Å². The van der Waals surface area contributed by atoms with E-state index in [1.54, 1.807) is 0 Å². The third-order valence-electron chi connectivity index (χ3n) is 3.35. The van der Waals surface area contributed by atoms with Crippen LogP contribution >= 0.6 is 0 Å². The topological polar surface area (TPSA) is 42.7 Å². The van der Waals surface area contributed by atoms with Crippen LogP contribution in [-0.4, -0.2) is 21.3 Å². The average Bonchev–Trinajstić information content (AvgIpc) is 2.73. The zero-order valence-corrected chi connectivity index (χ0v) is 10.4. The maximum Gasteiger partial charge on any atom is 0.154 e. The van der Waals surface area contributed by atoms with Gasteiger partial charge in [-0.1, -0.05) is 25.2 Å². The number of terminal acetylenes is 1. The van der Waals surface area contributed by atoms with Crippen molar-refractivity contribution in [2.24, 2.45) is 7.05 Å². The van der Waals surface area contributed by atoms with Crippen LogP contribution in [0.3, 0.4) is 0 Å². The van der Waals surface area contributed by atoms with E-state index in [-0.39, 0.29) is 0 Å². The molecule has 1 aliphatic carbocycles. The molecule has 0 bridgehead atoms. The molecule has 4 heteroatoms. The van der Waals surface area contributed by atoms with E-state index < -0.39 is 0 Å². The Bertz CT molecular complexity index is 396. The van der Waals surface area contributed by atoms with Gasteiger partial charge in [-0.25, -0.2) is 4.98 Å². The highest BCUT2D eigenvalue weighted by Gasteiger charge is 2.20. The van der Waals surface area contributed by atoms with Crippen molar-refractivity contribution in [3.63, 3.8) is 0 Å². The molecule has 0 amide bonds. The summed E-state index contributed by atoms with van der Waals surface area (Å²) < 4.78 is 1.87. The van der Waals surface area contributed by atoms with Crippen LogP contribution in [0.25, 0.3) is 0 Å². The van der Waals surface area contributed by atoms with E-state index in [0.29, 0.717) is 19.0 Å². The summed E-state index contributed by atoms with van der Waals surface area (Å²) in [7, 11) is 1.95. The fourth-order valence-electron chi connectivity index (χ4n) is 2.37. The number of aryl methyl sites for hydroxylation is 1. The van der Waals surface area contributed by atoms with Crippen molar-refractivity contribution in [1.29, 1.82) is 0 Å². The van der Waals surface area contributed by atoms with Crippen LogP contribution in [0, 0.1) is 12.3 Å². The lowest BCUT2D eigenvalue weighted by Gasteiger charge is -2.18. The van der Waals surface area contributed by atoms with E-state index in [2.05, 4.69) is 21.3 Å². The van der Waals surface area contributed by atoms with E-state index in [0.717, 1.165) is 11.6 Å². The van der Waals surface area contributed by atoms with Crippen LogP contribution in [-0.2, 0) is 13.6 Å². The summed E-state index contributed by atoms with van der Waals surface area (Å²) in [6, 6.07) is 0. The number of nitrogens with one attached hydrogen (secondary N) is 1. The van der Waals surface area contributed by atoms with Gasteiger partial charge in [0.25, 0.3) is 0 Å². The minimum absolute atomic E-state index is 0.566. The molecule has 0 aliphatic heterocycles. The first-order chi connectivity index (χ1) is 8.31. The Morgan fingerprint density at radius 2 is 2.18 bits per heavy atom. The number of hydrogen-bond acceptors (Lipinski definition) is 3. The van der Waals surface area contributed by atoms with Crippen molar-refractivity contribution in [3.8, 4) is 12.3 Å². The van der Waals surface area contributed by atoms with Gasteiger partial charge >= 0.3 is 0 Å². The molecule has 1 heterocycles. The standard InChI is InChI=1S/C13H20N4/c1-3-9-14-10-12-15-13(16-17(12)2)11-7-5-4-6-8-11/h1,11,14H,4-10H2,2H3. The largest absolute Gasteiger partial charge is 0.299 e. The first-order valence-electron chi connectivity index (χ1n) is 6.35. The van der Waals surface area contributed by atoms with Gasteiger partial charge in [0.15, 0.2) is 5.82 Å². The second kappa shape index (κ2) is 5.83. The second-order valence-electron chi connectivity index (χ2n) is 4.65. The summed E-state index contributed by atoms with van der Waals surface area (Å²) >= 11 is 0. The van der Waals surface area contributed by atoms with Crippen molar-refractivity contribution in [2.75, 3.05) is 6.54 Å². The minimum atomic E-state index is 0.566. The van der Waals surface area contributed by atoms with Gasteiger partial charge in [0.1, 0.15) is 5.82 Å². The van der Waals surface area contributed by atoms with Crippen LogP contribution in [0.2, 0.25) is 0 Å². The summed E-state index contributed by atoms with van der Waals surface area (Å²) in [6.45, 7) is 1.27. The molecule has 92 valence electrons. The van der Waals surface area contributed by atoms with Crippen LogP contribution < -0.4 is 5.32 Å². The molecule has 2 rings (SSSR count). The maximum atomic E-state index is 5.20. The quantitative estimate of drug-likeness (QED) is 0.633. The Balaban J connectivity index is 1.99. The summed E-state index contributed by atoms with van der Waals surface area (Å²) in [5.74, 6) is 5.12. The molecule has 0 spiro atoms. The van der Waals surface area contributed by atoms with Crippen molar-refractivity contribution < 1.29 is 0 Å². The molecule has 1 fully saturated rings. The van der Waals surface area contributed by atoms with Gasteiger partial charge in [-0.2, -0.15) is 5.10 Å². The van der Waals surface area contributed by atoms with Crippen LogP contribution in [0.5, 0.6) is 0 Å². The summed E-state index contributed by atoms with van der Waals surface area (Å²) in [6.07, 6.45) is 11.7. The molecule has 1 saturated carbocycles. The SMILES string of the molecule is C#CCNCc1nc(C2CCCCC2)nn1C. The molecule has 0 unspecified atom stereocenters. The van der Waals surface area contributed by atoms with Gasteiger partial charge in [-0.15, -0.1) is 6.42 Å². The molecule has 0 radical (unpaired) electrons. The lowest BCUT2D eigenvalue weighted by atomic mass is 9.89. The minimum Gasteiger partial charge on any atom is -0.299 e. The normalized spacial score (nSPS) is 16.9. The third kappa shape index (κ3) is 3.07. The molecule has 0 saturated heterocycles. The van der Waals surface area contributed by atoms with Gasteiger partial charge in [-0.3, -0.25) is 10.00 Å². The lowest BCUT2D eigenvalue weighted by molar-refractivity contribution is 0.427. The first kappa shape index (κ1) is 12.1. The van der Waals surface area contributed by atoms with Crippen molar-refractivity contribution in [2.45, 2.75) is 44.6 Å². The Morgan fingerprint density at radius 3 is 2.88 bits per heavy atom. The van der Waals surface area contributed by atoms with E-state index in [9.17, 15) is 0 Å². The van der Waals surface area contributed by atoms with Crippen molar-refractivity contribution in [3.05, 3.63) is 11.6 Å². The molecule has 1 aromatic heterocycles. The maximum absolute atomic E-state index is 5.20. The van der Waals surface area contributed by atoms with Crippen LogP contribution in [0.1, 0.15) is 49.7 Å². The first-order valence-corrected chi connectivity index (χ1v) is 6.35. The molecule has 17 heavy (non-hydrogen) atoms. The smallest absolute Gasteiger partial charge is 0.154 e. The van der Waals surface area contributed by atoms with E-state index in [1.165, 1.54) is 32.1 Å². The van der Waals surface area contributed by atoms with Gasteiger partial charge in [-0.05, 0) is 12.8 Å². The fourth-order valence-corrected chi connectivity index (χ4v) is 2.37. The van der Waals surface area contributed by atoms with Crippen LogP contribution in [0.15, 0.2) is 0 Å². The lowest BCUT2D eigenvalue weighted by Crippen LogP contribution is -2.16. The summed E-state index contributed by atoms with van der Waals surface area (Å²) in [5.41, 5.74) is 0. The summed E-state index contributed by atoms with van der Waals surface area (Å²) in [4.78, 5) is 4.63. The highest BCUT2D eigenvalue weighted by molar-refractivity contribution is 5.01. The highest BCUT2D eigenvalue weighted by atomic mass is 15.3. The number of nitrogens with zero attached hydrogens (tertiary/aromatic N) is 3. The molecule has 1 aliphatic rings. The second-order valence-corrected chi connectivity index (χ2v) is 4.65. The van der Waals surface area contributed by atoms with E-state index in [4.69, 9.17) is 6.42 Å². The predicted octanol–water partition coefficient (Wildman–Crippen LogP) is 1.59. The molecule has 1 aromatic rings. The van der Waals surface area contributed by atoms with Crippen molar-refractivity contribution in [1.82, 2.24) is 20.1 Å². The Kier molecular flexibility index (Phi) is 4.16. The van der Waals surface area contributed by atoms with Crippen LogP contribution in [0.4, 0.5) is 0 Å². The van der Waals surface area contributed by atoms with Gasteiger partial charge in [0, 0.05) is 13.0 Å². The highest BCUT2D eigenvalue weighted by Crippen LogP contribution is 2.30. The van der Waals surface area contributed by atoms with Gasteiger partial charge in [0.2, 0.25) is 0 Å². The number of hydrogen-bond donors (Lipinski definition) is 1.